The predicted molar refractivity (Wildman–Crippen MR) is 69.3 cm³/mol. The first kappa shape index (κ1) is 15.2. The number of hydrogen-bond acceptors (Lipinski definition) is 4. The quantitative estimate of drug-likeness (QED) is 0.869. The average molecular weight is 301 g/mol. The van der Waals surface area contributed by atoms with Crippen molar-refractivity contribution in [2.24, 2.45) is 0 Å². The van der Waals surface area contributed by atoms with Gasteiger partial charge in [-0.2, -0.15) is 0 Å². The third-order valence-corrected chi connectivity index (χ3v) is 2.91. The Labute approximate surface area is 119 Å². The number of hydrogen-bond donors (Lipinski definition) is 1. The van der Waals surface area contributed by atoms with Gasteiger partial charge in [0, 0.05) is 12.6 Å². The summed E-state index contributed by atoms with van der Waals surface area (Å²) in [7, 11) is 0. The van der Waals surface area contributed by atoms with Gasteiger partial charge in [0.05, 0.1) is 6.61 Å². The summed E-state index contributed by atoms with van der Waals surface area (Å²) in [5.74, 6) is -0.625. The lowest BCUT2D eigenvalue weighted by molar-refractivity contribution is -0.274. The fraction of sp³-hybridized carbons (Fsp3) is 0.357. The molecule has 0 saturated carbocycles. The molecule has 7 heteroatoms. The molecule has 1 aromatic rings. The first-order chi connectivity index (χ1) is 9.89. The molecule has 114 valence electrons. The minimum absolute atomic E-state index is 0.278. The molecule has 1 atom stereocenters. The average Bonchev–Trinajstić information content (AvgIpc) is 2.87. The van der Waals surface area contributed by atoms with Gasteiger partial charge in [0.2, 0.25) is 0 Å². The third kappa shape index (κ3) is 4.14. The zero-order chi connectivity index (χ0) is 15.5. The van der Waals surface area contributed by atoms with Gasteiger partial charge in [-0.3, -0.25) is 0 Å². The van der Waals surface area contributed by atoms with Gasteiger partial charge in [0.15, 0.2) is 0 Å². The summed E-state index contributed by atoms with van der Waals surface area (Å²) >= 11 is 0. The summed E-state index contributed by atoms with van der Waals surface area (Å²) in [5.41, 5.74) is 1.55. The van der Waals surface area contributed by atoms with Gasteiger partial charge in [-0.1, -0.05) is 12.1 Å². The lowest BCUT2D eigenvalue weighted by Gasteiger charge is -2.11. The van der Waals surface area contributed by atoms with E-state index < -0.39 is 12.4 Å². The molecule has 1 aliphatic heterocycles. The van der Waals surface area contributed by atoms with Crippen LogP contribution in [0.1, 0.15) is 18.9 Å². The molecule has 0 aliphatic carbocycles. The minimum atomic E-state index is -4.70. The van der Waals surface area contributed by atoms with E-state index in [9.17, 15) is 18.0 Å². The number of benzene rings is 1. The number of ether oxygens (including phenoxy) is 2. The second-order valence-electron chi connectivity index (χ2n) is 4.42. The Morgan fingerprint density at radius 3 is 2.57 bits per heavy atom. The molecule has 0 bridgehead atoms. The van der Waals surface area contributed by atoms with Crippen LogP contribution in [0, 0.1) is 0 Å². The number of carbonyl (C=O) groups is 1. The maximum absolute atomic E-state index is 12.1. The van der Waals surface area contributed by atoms with Crippen molar-refractivity contribution >= 4 is 11.5 Å². The van der Waals surface area contributed by atoms with Crippen LogP contribution in [0.25, 0.3) is 5.57 Å². The van der Waals surface area contributed by atoms with Crippen molar-refractivity contribution in [1.29, 1.82) is 0 Å². The molecular formula is C14H14F3NO3. The van der Waals surface area contributed by atoms with E-state index in [1.807, 2.05) is 0 Å². The molecule has 1 heterocycles. The normalized spacial score (nSPS) is 17.9. The van der Waals surface area contributed by atoms with Gasteiger partial charge in [-0.25, -0.2) is 4.79 Å². The number of carbonyl (C=O) groups excluding carboxylic acids is 1. The molecule has 1 N–H and O–H groups in total. The van der Waals surface area contributed by atoms with Crippen molar-refractivity contribution in [3.63, 3.8) is 0 Å². The van der Waals surface area contributed by atoms with Gasteiger partial charge in [-0.15, -0.1) is 13.2 Å². The zero-order valence-electron chi connectivity index (χ0n) is 11.2. The SMILES string of the molecule is CCOC(=O)C1CC(c2ccc(OC(F)(F)F)cc2)=CN1. The highest BCUT2D eigenvalue weighted by Crippen LogP contribution is 2.28. The molecule has 0 radical (unpaired) electrons. The van der Waals surface area contributed by atoms with E-state index in [1.54, 1.807) is 13.1 Å². The Bertz CT molecular complexity index is 537. The van der Waals surface area contributed by atoms with E-state index in [0.717, 1.165) is 11.1 Å². The highest BCUT2D eigenvalue weighted by Gasteiger charge is 2.31. The predicted octanol–water partition coefficient (Wildman–Crippen LogP) is 2.85. The van der Waals surface area contributed by atoms with Gasteiger partial charge in [-0.05, 0) is 30.2 Å². The molecule has 0 fully saturated rings. The monoisotopic (exact) mass is 301 g/mol. The van der Waals surface area contributed by atoms with Crippen molar-refractivity contribution in [2.75, 3.05) is 6.61 Å². The first-order valence-electron chi connectivity index (χ1n) is 6.37. The molecular weight excluding hydrogens is 287 g/mol. The second kappa shape index (κ2) is 6.07. The molecule has 0 saturated heterocycles. The first-order valence-corrected chi connectivity index (χ1v) is 6.37. The largest absolute Gasteiger partial charge is 0.573 e. The van der Waals surface area contributed by atoms with Gasteiger partial charge in [0.1, 0.15) is 11.8 Å². The van der Waals surface area contributed by atoms with E-state index in [-0.39, 0.29) is 11.7 Å². The van der Waals surface area contributed by atoms with Crippen LogP contribution in [-0.4, -0.2) is 25.0 Å². The van der Waals surface area contributed by atoms with E-state index in [4.69, 9.17) is 4.74 Å². The second-order valence-corrected chi connectivity index (χ2v) is 4.42. The number of halogens is 3. The smallest absolute Gasteiger partial charge is 0.464 e. The lowest BCUT2D eigenvalue weighted by Crippen LogP contribution is -2.31. The number of alkyl halides is 3. The number of nitrogens with one attached hydrogen (secondary N) is 1. The summed E-state index contributed by atoms with van der Waals surface area (Å²) in [6.07, 6.45) is -2.61. The summed E-state index contributed by atoms with van der Waals surface area (Å²) in [5, 5.41) is 2.89. The van der Waals surface area contributed by atoms with Crippen molar-refractivity contribution in [2.45, 2.75) is 25.7 Å². The summed E-state index contributed by atoms with van der Waals surface area (Å²) in [4.78, 5) is 11.6. The Balaban J connectivity index is 1.99. The molecule has 2 rings (SSSR count). The lowest BCUT2D eigenvalue weighted by atomic mass is 10.0. The highest BCUT2D eigenvalue weighted by molar-refractivity contribution is 5.82. The molecule has 21 heavy (non-hydrogen) atoms. The Morgan fingerprint density at radius 2 is 2.00 bits per heavy atom. The van der Waals surface area contributed by atoms with E-state index in [0.29, 0.717) is 13.0 Å². The van der Waals surface area contributed by atoms with Crippen LogP contribution in [0.15, 0.2) is 30.5 Å². The number of rotatable bonds is 4. The Morgan fingerprint density at radius 1 is 1.33 bits per heavy atom. The van der Waals surface area contributed by atoms with Gasteiger partial charge >= 0.3 is 12.3 Å². The molecule has 0 aromatic heterocycles. The van der Waals surface area contributed by atoms with Crippen molar-refractivity contribution in [1.82, 2.24) is 5.32 Å². The van der Waals surface area contributed by atoms with Crippen LogP contribution in [-0.2, 0) is 9.53 Å². The van der Waals surface area contributed by atoms with Crippen LogP contribution < -0.4 is 10.1 Å². The maximum Gasteiger partial charge on any atom is 0.573 e. The summed E-state index contributed by atoms with van der Waals surface area (Å²) in [6, 6.07) is 5.05. The molecule has 1 unspecified atom stereocenters. The fourth-order valence-electron chi connectivity index (χ4n) is 2.01. The van der Waals surface area contributed by atoms with E-state index in [2.05, 4.69) is 10.1 Å². The van der Waals surface area contributed by atoms with Crippen LogP contribution in [0.3, 0.4) is 0 Å². The van der Waals surface area contributed by atoms with E-state index in [1.165, 1.54) is 24.3 Å². The Hall–Kier alpha value is -2.18. The van der Waals surface area contributed by atoms with Gasteiger partial charge < -0.3 is 14.8 Å². The van der Waals surface area contributed by atoms with E-state index >= 15 is 0 Å². The summed E-state index contributed by atoms with van der Waals surface area (Å²) < 4.78 is 44.9. The molecule has 0 spiro atoms. The minimum Gasteiger partial charge on any atom is -0.464 e. The topological polar surface area (TPSA) is 47.6 Å². The summed E-state index contributed by atoms with van der Waals surface area (Å²) in [6.45, 7) is 2.02. The Kier molecular flexibility index (Phi) is 4.40. The zero-order valence-corrected chi connectivity index (χ0v) is 11.2. The molecule has 1 aliphatic rings. The van der Waals surface area contributed by atoms with Crippen molar-refractivity contribution in [3.8, 4) is 5.75 Å². The molecule has 0 amide bonds. The third-order valence-electron chi connectivity index (χ3n) is 2.91. The maximum atomic E-state index is 12.1. The standard InChI is InChI=1S/C14H14F3NO3/c1-2-20-13(19)12-7-10(8-18-12)9-3-5-11(6-4-9)21-14(15,16)17/h3-6,8,12,18H,2,7H2,1H3. The molecule has 1 aromatic carbocycles. The van der Waals surface area contributed by atoms with Crippen LogP contribution in [0.4, 0.5) is 13.2 Å². The van der Waals surface area contributed by atoms with Crippen molar-refractivity contribution in [3.05, 3.63) is 36.0 Å². The fourth-order valence-corrected chi connectivity index (χ4v) is 2.01. The van der Waals surface area contributed by atoms with Crippen LogP contribution in [0.2, 0.25) is 0 Å². The van der Waals surface area contributed by atoms with Gasteiger partial charge in [0.25, 0.3) is 0 Å². The van der Waals surface area contributed by atoms with Crippen LogP contribution >= 0.6 is 0 Å². The number of esters is 1. The van der Waals surface area contributed by atoms with Crippen molar-refractivity contribution < 1.29 is 27.4 Å². The molecule has 4 nitrogen and oxygen atoms in total. The van der Waals surface area contributed by atoms with Crippen LogP contribution in [0.5, 0.6) is 5.75 Å². The highest BCUT2D eigenvalue weighted by atomic mass is 19.4.